The van der Waals surface area contributed by atoms with Crippen molar-refractivity contribution in [3.8, 4) is 5.75 Å². The van der Waals surface area contributed by atoms with Gasteiger partial charge in [-0.1, -0.05) is 44.7 Å². The van der Waals surface area contributed by atoms with E-state index in [1.54, 1.807) is 0 Å². The molecule has 0 saturated carbocycles. The quantitative estimate of drug-likeness (QED) is 0.683. The van der Waals surface area contributed by atoms with Gasteiger partial charge in [-0.3, -0.25) is 0 Å². The first-order valence-corrected chi connectivity index (χ1v) is 4.58. The van der Waals surface area contributed by atoms with E-state index in [0.29, 0.717) is 5.92 Å². The number of hydrogen-bond acceptors (Lipinski definition) is 1. The van der Waals surface area contributed by atoms with Gasteiger partial charge in [0.1, 0.15) is 5.75 Å². The van der Waals surface area contributed by atoms with Crippen LogP contribution in [0.4, 0.5) is 0 Å². The Morgan fingerprint density at radius 2 is 2.08 bits per heavy atom. The average molecular weight is 176 g/mol. The van der Waals surface area contributed by atoms with Crippen LogP contribution in [-0.4, -0.2) is 6.61 Å². The summed E-state index contributed by atoms with van der Waals surface area (Å²) in [7, 11) is 0. The molecule has 0 fully saturated rings. The molecule has 13 heavy (non-hydrogen) atoms. The summed E-state index contributed by atoms with van der Waals surface area (Å²) in [4.78, 5) is 0. The second-order valence-electron chi connectivity index (χ2n) is 3.45. The van der Waals surface area contributed by atoms with E-state index in [0.717, 1.165) is 17.9 Å². The summed E-state index contributed by atoms with van der Waals surface area (Å²) in [5.41, 5.74) is 1.06. The fraction of sp³-hybridized carbons (Fsp3) is 0.333. The molecule has 0 radical (unpaired) electrons. The third kappa shape index (κ3) is 2.94. The van der Waals surface area contributed by atoms with Gasteiger partial charge in [0.15, 0.2) is 0 Å². The fourth-order valence-electron chi connectivity index (χ4n) is 1.04. The first kappa shape index (κ1) is 9.85. The molecule has 0 aliphatic rings. The number of para-hydroxylation sites is 1. The summed E-state index contributed by atoms with van der Waals surface area (Å²) >= 11 is 0. The molecular weight excluding hydrogens is 160 g/mol. The Hall–Kier alpha value is -1.24. The van der Waals surface area contributed by atoms with E-state index in [2.05, 4.69) is 20.4 Å². The smallest absolute Gasteiger partial charge is 0.126 e. The van der Waals surface area contributed by atoms with Gasteiger partial charge in [0.05, 0.1) is 6.61 Å². The third-order valence-corrected chi connectivity index (χ3v) is 1.71. The van der Waals surface area contributed by atoms with Gasteiger partial charge in [-0.25, -0.2) is 0 Å². The van der Waals surface area contributed by atoms with E-state index >= 15 is 0 Å². The van der Waals surface area contributed by atoms with Crippen LogP contribution in [0.25, 0.3) is 6.08 Å². The minimum absolute atomic E-state index is 0.554. The maximum atomic E-state index is 5.62. The molecule has 1 heteroatoms. The zero-order valence-corrected chi connectivity index (χ0v) is 8.29. The van der Waals surface area contributed by atoms with Crippen LogP contribution in [0.15, 0.2) is 30.8 Å². The predicted octanol–water partition coefficient (Wildman–Crippen LogP) is 3.36. The second kappa shape index (κ2) is 4.70. The van der Waals surface area contributed by atoms with Gasteiger partial charge in [0.2, 0.25) is 0 Å². The molecule has 0 aliphatic heterocycles. The van der Waals surface area contributed by atoms with E-state index in [4.69, 9.17) is 4.74 Å². The number of benzene rings is 1. The van der Waals surface area contributed by atoms with Crippen molar-refractivity contribution in [1.29, 1.82) is 0 Å². The Balaban J connectivity index is 2.69. The molecule has 0 aromatic heterocycles. The number of ether oxygens (including phenoxy) is 1. The molecule has 0 aliphatic carbocycles. The summed E-state index contributed by atoms with van der Waals surface area (Å²) in [6.45, 7) is 8.76. The maximum absolute atomic E-state index is 5.62. The highest BCUT2D eigenvalue weighted by Gasteiger charge is 1.99. The highest BCUT2D eigenvalue weighted by molar-refractivity contribution is 5.55. The zero-order chi connectivity index (χ0) is 9.68. The molecule has 1 aromatic carbocycles. The molecule has 0 saturated heterocycles. The average Bonchev–Trinajstić information content (AvgIpc) is 2.15. The van der Waals surface area contributed by atoms with Crippen LogP contribution in [0, 0.1) is 5.92 Å². The predicted molar refractivity (Wildman–Crippen MR) is 56.9 cm³/mol. The van der Waals surface area contributed by atoms with Crippen molar-refractivity contribution in [3.05, 3.63) is 36.4 Å². The molecule has 0 amide bonds. The van der Waals surface area contributed by atoms with Crippen LogP contribution < -0.4 is 4.74 Å². The molecule has 1 rings (SSSR count). The van der Waals surface area contributed by atoms with E-state index in [-0.39, 0.29) is 0 Å². The number of hydrogen-bond donors (Lipinski definition) is 0. The Morgan fingerprint density at radius 1 is 1.38 bits per heavy atom. The van der Waals surface area contributed by atoms with Crippen molar-refractivity contribution in [3.63, 3.8) is 0 Å². The van der Waals surface area contributed by atoms with Crippen LogP contribution in [0.5, 0.6) is 5.75 Å². The summed E-state index contributed by atoms with van der Waals surface area (Å²) in [5, 5.41) is 0. The Bertz CT molecular complexity index is 276. The van der Waals surface area contributed by atoms with Crippen molar-refractivity contribution >= 4 is 6.08 Å². The van der Waals surface area contributed by atoms with Crippen LogP contribution >= 0.6 is 0 Å². The van der Waals surface area contributed by atoms with Crippen molar-refractivity contribution in [2.45, 2.75) is 13.8 Å². The van der Waals surface area contributed by atoms with Gasteiger partial charge in [-0.05, 0) is 12.0 Å². The largest absolute Gasteiger partial charge is 0.493 e. The molecule has 0 N–H and O–H groups in total. The van der Waals surface area contributed by atoms with Crippen LogP contribution in [0.2, 0.25) is 0 Å². The normalized spacial score (nSPS) is 10.1. The summed E-state index contributed by atoms with van der Waals surface area (Å²) in [6.07, 6.45) is 1.82. The topological polar surface area (TPSA) is 9.23 Å². The van der Waals surface area contributed by atoms with E-state index in [1.807, 2.05) is 30.3 Å². The molecule has 1 nitrogen and oxygen atoms in total. The third-order valence-electron chi connectivity index (χ3n) is 1.71. The van der Waals surface area contributed by atoms with E-state index < -0.39 is 0 Å². The monoisotopic (exact) mass is 176 g/mol. The lowest BCUT2D eigenvalue weighted by Gasteiger charge is -2.10. The minimum atomic E-state index is 0.554. The van der Waals surface area contributed by atoms with Crippen molar-refractivity contribution < 1.29 is 4.74 Å². The summed E-state index contributed by atoms with van der Waals surface area (Å²) in [6, 6.07) is 7.93. The van der Waals surface area contributed by atoms with Gasteiger partial charge in [0.25, 0.3) is 0 Å². The molecule has 0 unspecified atom stereocenters. The molecule has 70 valence electrons. The molecule has 0 atom stereocenters. The van der Waals surface area contributed by atoms with Crippen molar-refractivity contribution in [1.82, 2.24) is 0 Å². The molecular formula is C12H16O. The summed E-state index contributed by atoms with van der Waals surface area (Å²) < 4.78 is 5.62. The minimum Gasteiger partial charge on any atom is -0.493 e. The lowest BCUT2D eigenvalue weighted by molar-refractivity contribution is 0.270. The number of rotatable bonds is 4. The summed E-state index contributed by atoms with van der Waals surface area (Å²) in [5.74, 6) is 1.48. The SMILES string of the molecule is C=Cc1ccccc1OCC(C)C. The fourth-order valence-corrected chi connectivity index (χ4v) is 1.04. The second-order valence-corrected chi connectivity index (χ2v) is 3.45. The van der Waals surface area contributed by atoms with Crippen molar-refractivity contribution in [2.75, 3.05) is 6.61 Å². The molecule has 0 heterocycles. The van der Waals surface area contributed by atoms with Crippen LogP contribution in [0.3, 0.4) is 0 Å². The highest BCUT2D eigenvalue weighted by Crippen LogP contribution is 2.19. The van der Waals surface area contributed by atoms with Gasteiger partial charge < -0.3 is 4.74 Å². The zero-order valence-electron chi connectivity index (χ0n) is 8.29. The van der Waals surface area contributed by atoms with Gasteiger partial charge in [-0.15, -0.1) is 0 Å². The first-order valence-electron chi connectivity index (χ1n) is 4.58. The van der Waals surface area contributed by atoms with Crippen LogP contribution in [-0.2, 0) is 0 Å². The highest BCUT2D eigenvalue weighted by atomic mass is 16.5. The Morgan fingerprint density at radius 3 is 2.69 bits per heavy atom. The van der Waals surface area contributed by atoms with Gasteiger partial charge >= 0.3 is 0 Å². The van der Waals surface area contributed by atoms with Gasteiger partial charge in [0, 0.05) is 5.56 Å². The standard InChI is InChI=1S/C12H16O/c1-4-11-7-5-6-8-12(11)13-9-10(2)3/h4-8,10H,1,9H2,2-3H3. The van der Waals surface area contributed by atoms with Crippen molar-refractivity contribution in [2.24, 2.45) is 5.92 Å². The molecule has 0 spiro atoms. The van der Waals surface area contributed by atoms with E-state index in [1.165, 1.54) is 0 Å². The lowest BCUT2D eigenvalue weighted by atomic mass is 10.2. The van der Waals surface area contributed by atoms with E-state index in [9.17, 15) is 0 Å². The first-order chi connectivity index (χ1) is 6.24. The van der Waals surface area contributed by atoms with Gasteiger partial charge in [-0.2, -0.15) is 0 Å². The lowest BCUT2D eigenvalue weighted by Crippen LogP contribution is -2.05. The molecule has 1 aromatic rings. The van der Waals surface area contributed by atoms with Crippen LogP contribution in [0.1, 0.15) is 19.4 Å². The maximum Gasteiger partial charge on any atom is 0.126 e. The Labute approximate surface area is 80.0 Å². The molecule has 0 bridgehead atoms. The Kier molecular flexibility index (Phi) is 3.56.